The number of carboxylic acid groups (broad SMARTS) is 1. The second kappa shape index (κ2) is 5.47. The molecule has 114 valence electrons. The van der Waals surface area contributed by atoms with Crippen LogP contribution in [0.15, 0.2) is 30.6 Å². The van der Waals surface area contributed by atoms with Crippen LogP contribution in [0.2, 0.25) is 0 Å². The van der Waals surface area contributed by atoms with Crippen molar-refractivity contribution in [3.63, 3.8) is 0 Å². The van der Waals surface area contributed by atoms with E-state index in [1.807, 2.05) is 0 Å². The minimum Gasteiger partial charge on any atom is -0.477 e. The van der Waals surface area contributed by atoms with Gasteiger partial charge in [0.25, 0.3) is 0 Å². The van der Waals surface area contributed by atoms with Gasteiger partial charge >= 0.3 is 5.97 Å². The van der Waals surface area contributed by atoms with Crippen molar-refractivity contribution < 1.29 is 14.7 Å². The Kier molecular flexibility index (Phi) is 3.50. The lowest BCUT2D eigenvalue weighted by molar-refractivity contribution is -0.117. The van der Waals surface area contributed by atoms with Gasteiger partial charge in [-0.1, -0.05) is 6.07 Å². The number of hydrogen-bond acceptors (Lipinski definition) is 5. The summed E-state index contributed by atoms with van der Waals surface area (Å²) in [5.41, 5.74) is 0.735. The smallest absolute Gasteiger partial charge is 0.354 e. The number of hydrogen-bond donors (Lipinski definition) is 1. The summed E-state index contributed by atoms with van der Waals surface area (Å²) < 4.78 is 1.65. The monoisotopic (exact) mass is 301 g/mol. The number of nitrogens with zero attached hydrogens (tertiary/aromatic N) is 5. The highest BCUT2D eigenvalue weighted by molar-refractivity contribution is 5.97. The number of anilines is 2. The number of piperazine rings is 1. The van der Waals surface area contributed by atoms with Crippen LogP contribution in [0, 0.1) is 0 Å². The third-order valence-corrected chi connectivity index (χ3v) is 3.50. The Bertz CT molecular complexity index is 727. The van der Waals surface area contributed by atoms with Crippen molar-refractivity contribution in [3.8, 4) is 0 Å². The van der Waals surface area contributed by atoms with Gasteiger partial charge < -0.3 is 14.9 Å². The van der Waals surface area contributed by atoms with Crippen molar-refractivity contribution in [2.45, 2.75) is 0 Å². The molecule has 8 nitrogen and oxygen atoms in total. The number of aromatic carboxylic acids is 1. The summed E-state index contributed by atoms with van der Waals surface area (Å²) in [5.74, 6) is -0.650. The van der Waals surface area contributed by atoms with Gasteiger partial charge in [-0.2, -0.15) is 5.10 Å². The van der Waals surface area contributed by atoms with E-state index >= 15 is 0 Å². The molecule has 0 bridgehead atoms. The largest absolute Gasteiger partial charge is 0.477 e. The maximum atomic E-state index is 12.3. The molecule has 0 saturated carbocycles. The summed E-state index contributed by atoms with van der Waals surface area (Å²) in [6, 6.07) is 4.77. The molecule has 1 fully saturated rings. The van der Waals surface area contributed by atoms with Gasteiger partial charge in [0.05, 0.1) is 18.4 Å². The lowest BCUT2D eigenvalue weighted by Gasteiger charge is -2.34. The Balaban J connectivity index is 1.76. The van der Waals surface area contributed by atoms with Gasteiger partial charge in [-0.3, -0.25) is 9.48 Å². The number of pyridine rings is 1. The number of carbonyl (C=O) groups is 2. The van der Waals surface area contributed by atoms with Crippen molar-refractivity contribution in [1.29, 1.82) is 0 Å². The molecule has 2 aromatic rings. The van der Waals surface area contributed by atoms with Crippen molar-refractivity contribution in [2.24, 2.45) is 7.05 Å². The summed E-state index contributed by atoms with van der Waals surface area (Å²) >= 11 is 0. The van der Waals surface area contributed by atoms with Crippen LogP contribution in [0.4, 0.5) is 11.5 Å². The molecule has 1 amide bonds. The molecule has 0 aromatic carbocycles. The van der Waals surface area contributed by atoms with E-state index in [0.29, 0.717) is 18.9 Å². The second-order valence-electron chi connectivity index (χ2n) is 5.03. The van der Waals surface area contributed by atoms with Crippen molar-refractivity contribution in [2.75, 3.05) is 29.4 Å². The Morgan fingerprint density at radius 2 is 2.14 bits per heavy atom. The van der Waals surface area contributed by atoms with Crippen LogP contribution in [0.25, 0.3) is 0 Å². The summed E-state index contributed by atoms with van der Waals surface area (Å²) in [7, 11) is 1.80. The summed E-state index contributed by atoms with van der Waals surface area (Å²) in [6.45, 7) is 1.24. The van der Waals surface area contributed by atoms with Crippen molar-refractivity contribution in [3.05, 3.63) is 36.3 Å². The minimum atomic E-state index is -1.08. The Hall–Kier alpha value is -2.90. The Morgan fingerprint density at radius 1 is 1.32 bits per heavy atom. The van der Waals surface area contributed by atoms with E-state index in [-0.39, 0.29) is 18.1 Å². The predicted molar refractivity (Wildman–Crippen MR) is 79.0 cm³/mol. The van der Waals surface area contributed by atoms with Crippen LogP contribution in [-0.2, 0) is 11.8 Å². The Morgan fingerprint density at radius 3 is 2.77 bits per heavy atom. The minimum absolute atomic E-state index is 0.0281. The van der Waals surface area contributed by atoms with E-state index in [0.717, 1.165) is 5.69 Å². The molecule has 0 radical (unpaired) electrons. The number of carboxylic acids is 1. The molecule has 1 aliphatic heterocycles. The number of carbonyl (C=O) groups excluding carboxylic acids is 1. The fourth-order valence-electron chi connectivity index (χ4n) is 2.41. The van der Waals surface area contributed by atoms with Crippen LogP contribution in [0.5, 0.6) is 0 Å². The highest BCUT2D eigenvalue weighted by Gasteiger charge is 2.26. The quantitative estimate of drug-likeness (QED) is 0.880. The molecule has 8 heteroatoms. The molecular weight excluding hydrogens is 286 g/mol. The number of aromatic nitrogens is 3. The predicted octanol–water partition coefficient (Wildman–Crippen LogP) is 0.366. The van der Waals surface area contributed by atoms with Crippen LogP contribution in [-0.4, -0.2) is 51.4 Å². The fraction of sp³-hybridized carbons (Fsp3) is 0.286. The van der Waals surface area contributed by atoms with E-state index in [4.69, 9.17) is 5.11 Å². The standard InChI is InChI=1S/C14H15N5O3/c1-17-8-10(7-15-17)19-6-5-18(9-13(19)20)12-4-2-3-11(16-12)14(21)22/h2-4,7-8H,5-6,9H2,1H3,(H,21,22). The van der Waals surface area contributed by atoms with Crippen molar-refractivity contribution in [1.82, 2.24) is 14.8 Å². The van der Waals surface area contributed by atoms with Crippen molar-refractivity contribution >= 4 is 23.4 Å². The van der Waals surface area contributed by atoms with Gasteiger partial charge in [0.2, 0.25) is 5.91 Å². The van der Waals surface area contributed by atoms with E-state index in [9.17, 15) is 9.59 Å². The first-order valence-corrected chi connectivity index (χ1v) is 6.79. The molecule has 1 aliphatic rings. The van der Waals surface area contributed by atoms with Gasteiger partial charge in [-0.05, 0) is 12.1 Å². The summed E-state index contributed by atoms with van der Waals surface area (Å²) in [6.07, 6.45) is 3.44. The molecule has 1 saturated heterocycles. The maximum absolute atomic E-state index is 12.3. The van der Waals surface area contributed by atoms with E-state index in [1.165, 1.54) is 6.07 Å². The average molecular weight is 301 g/mol. The summed E-state index contributed by atoms with van der Waals surface area (Å²) in [4.78, 5) is 30.8. The van der Waals surface area contributed by atoms with E-state index in [2.05, 4.69) is 10.1 Å². The second-order valence-corrected chi connectivity index (χ2v) is 5.03. The number of aryl methyl sites for hydroxylation is 1. The highest BCUT2D eigenvalue weighted by atomic mass is 16.4. The Labute approximate surface area is 126 Å². The zero-order chi connectivity index (χ0) is 15.7. The lowest BCUT2D eigenvalue weighted by atomic mass is 10.2. The van der Waals surface area contributed by atoms with Gasteiger partial charge in [-0.25, -0.2) is 9.78 Å². The topological polar surface area (TPSA) is 91.6 Å². The molecule has 3 rings (SSSR count). The molecule has 0 atom stereocenters. The zero-order valence-corrected chi connectivity index (χ0v) is 12.0. The van der Waals surface area contributed by atoms with Gasteiger partial charge in [0.15, 0.2) is 5.69 Å². The molecule has 22 heavy (non-hydrogen) atoms. The molecule has 0 aliphatic carbocycles. The van der Waals surface area contributed by atoms with Crippen LogP contribution in [0.1, 0.15) is 10.5 Å². The van der Waals surface area contributed by atoms with Gasteiger partial charge in [0, 0.05) is 26.3 Å². The summed E-state index contributed by atoms with van der Waals surface area (Å²) in [5, 5.41) is 13.1. The third kappa shape index (κ3) is 2.62. The van der Waals surface area contributed by atoms with Crippen LogP contribution < -0.4 is 9.80 Å². The normalized spacial score (nSPS) is 15.2. The highest BCUT2D eigenvalue weighted by Crippen LogP contribution is 2.19. The molecule has 1 N–H and O–H groups in total. The maximum Gasteiger partial charge on any atom is 0.354 e. The zero-order valence-electron chi connectivity index (χ0n) is 12.0. The molecule has 0 spiro atoms. The SMILES string of the molecule is Cn1cc(N2CCN(c3cccc(C(=O)O)n3)CC2=O)cn1. The third-order valence-electron chi connectivity index (χ3n) is 3.50. The average Bonchev–Trinajstić information content (AvgIpc) is 2.93. The molecule has 0 unspecified atom stereocenters. The van der Waals surface area contributed by atoms with E-state index < -0.39 is 5.97 Å². The molecule has 2 aromatic heterocycles. The van der Waals surface area contributed by atoms with Crippen LogP contribution >= 0.6 is 0 Å². The first-order valence-electron chi connectivity index (χ1n) is 6.79. The fourth-order valence-corrected chi connectivity index (χ4v) is 2.41. The molecular formula is C14H15N5O3. The number of amides is 1. The van der Waals surface area contributed by atoms with E-state index in [1.54, 1.807) is 46.1 Å². The first kappa shape index (κ1) is 14.1. The lowest BCUT2D eigenvalue weighted by Crippen LogP contribution is -2.50. The van der Waals surface area contributed by atoms with Crippen LogP contribution in [0.3, 0.4) is 0 Å². The number of rotatable bonds is 3. The van der Waals surface area contributed by atoms with Gasteiger partial charge in [-0.15, -0.1) is 0 Å². The molecule has 3 heterocycles. The first-order chi connectivity index (χ1) is 10.5. The van der Waals surface area contributed by atoms with Gasteiger partial charge in [0.1, 0.15) is 5.82 Å².